The number of hydrogen-bond donors (Lipinski definition) is 0. The van der Waals surface area contributed by atoms with Crippen LogP contribution in [0.2, 0.25) is 0 Å². The third-order valence-electron chi connectivity index (χ3n) is 1.82. The van der Waals surface area contributed by atoms with Crippen LogP contribution in [0, 0.1) is 3.57 Å². The maximum Gasteiger partial charge on any atom is 0.367 e. The topological polar surface area (TPSA) is 83.5 Å². The summed E-state index contributed by atoms with van der Waals surface area (Å²) in [4.78, 5) is 11.3. The summed E-state index contributed by atoms with van der Waals surface area (Å²) in [5.41, 5.74) is -0.0190. The van der Waals surface area contributed by atoms with Gasteiger partial charge in [-0.1, -0.05) is 0 Å². The van der Waals surface area contributed by atoms with Crippen molar-refractivity contribution in [3.8, 4) is 0 Å². The highest BCUT2D eigenvalue weighted by Crippen LogP contribution is 2.21. The molecule has 0 aliphatic rings. The summed E-state index contributed by atoms with van der Waals surface area (Å²) in [6, 6.07) is 5.74. The Morgan fingerprint density at radius 2 is 1.83 bits per heavy atom. The van der Waals surface area contributed by atoms with E-state index in [1.807, 2.05) is 22.6 Å². The molecule has 0 fully saturated rings. The molecule has 0 bridgehead atoms. The van der Waals surface area contributed by atoms with Gasteiger partial charge in [0.25, 0.3) is 0 Å². The highest BCUT2D eigenvalue weighted by molar-refractivity contribution is 14.1. The van der Waals surface area contributed by atoms with Crippen LogP contribution in [0.3, 0.4) is 0 Å². The summed E-state index contributed by atoms with van der Waals surface area (Å²) >= 11 is 1.97. The quantitative estimate of drug-likeness (QED) is 0.442. The van der Waals surface area contributed by atoms with E-state index in [-0.39, 0.29) is 5.56 Å². The van der Waals surface area contributed by atoms with Gasteiger partial charge in [0.05, 0.1) is 5.56 Å². The van der Waals surface area contributed by atoms with Crippen molar-refractivity contribution in [3.63, 3.8) is 0 Å². The predicted octanol–water partition coefficient (Wildman–Crippen LogP) is 1.59. The number of benzene rings is 1. The largest absolute Gasteiger partial charge is 0.743 e. The lowest BCUT2D eigenvalue weighted by Crippen LogP contribution is -2.34. The van der Waals surface area contributed by atoms with Crippen molar-refractivity contribution in [2.45, 2.75) is 5.25 Å². The first-order chi connectivity index (χ1) is 8.13. The Labute approximate surface area is 115 Å². The second kappa shape index (κ2) is 5.45. The molecule has 0 unspecified atom stereocenters. The van der Waals surface area contributed by atoms with Crippen molar-refractivity contribution < 1.29 is 31.3 Å². The fourth-order valence-electron chi connectivity index (χ4n) is 0.891. The van der Waals surface area contributed by atoms with Gasteiger partial charge in [0, 0.05) is 3.57 Å². The Morgan fingerprint density at radius 1 is 1.33 bits per heavy atom. The summed E-state index contributed by atoms with van der Waals surface area (Å²) in [5, 5.41) is -4.63. The van der Waals surface area contributed by atoms with E-state index >= 15 is 0 Å². The van der Waals surface area contributed by atoms with Crippen molar-refractivity contribution >= 4 is 38.7 Å². The number of rotatable bonds is 4. The van der Waals surface area contributed by atoms with Crippen LogP contribution >= 0.6 is 22.6 Å². The number of alkyl halides is 2. The molecule has 1 aromatic rings. The molecule has 0 saturated carbocycles. The molecule has 0 heterocycles. The van der Waals surface area contributed by atoms with Gasteiger partial charge >= 0.3 is 11.2 Å². The van der Waals surface area contributed by atoms with E-state index in [2.05, 4.69) is 4.74 Å². The van der Waals surface area contributed by atoms with E-state index in [0.29, 0.717) is 0 Å². The molecule has 0 aliphatic heterocycles. The third-order valence-corrected chi connectivity index (χ3v) is 3.39. The number of hydrogen-bond acceptors (Lipinski definition) is 5. The van der Waals surface area contributed by atoms with Crippen LogP contribution in [-0.4, -0.2) is 30.8 Å². The Kier molecular flexibility index (Phi) is 4.61. The first-order valence-electron chi connectivity index (χ1n) is 4.39. The maximum absolute atomic E-state index is 12.7. The van der Waals surface area contributed by atoms with Crippen LogP contribution in [0.5, 0.6) is 0 Å². The second-order valence-electron chi connectivity index (χ2n) is 3.17. The Balaban J connectivity index is 2.70. The summed E-state index contributed by atoms with van der Waals surface area (Å²) in [6.45, 7) is -1.80. The van der Waals surface area contributed by atoms with Crippen LogP contribution in [-0.2, 0) is 14.9 Å². The monoisotopic (exact) mass is 391 g/mol. The molecule has 0 N–H and O–H groups in total. The van der Waals surface area contributed by atoms with Crippen LogP contribution in [0.1, 0.15) is 10.4 Å². The zero-order chi connectivity index (χ0) is 14.0. The Morgan fingerprint density at radius 3 is 2.28 bits per heavy atom. The van der Waals surface area contributed by atoms with E-state index in [1.54, 1.807) is 12.1 Å². The minimum atomic E-state index is -5.85. The van der Waals surface area contributed by atoms with Crippen LogP contribution in [0.25, 0.3) is 0 Å². The average molecular weight is 391 g/mol. The van der Waals surface area contributed by atoms with E-state index in [4.69, 9.17) is 0 Å². The molecule has 0 saturated heterocycles. The van der Waals surface area contributed by atoms with Crippen molar-refractivity contribution in [3.05, 3.63) is 33.4 Å². The molecular formula is C9H6F2IO5S-. The summed E-state index contributed by atoms with van der Waals surface area (Å²) < 4.78 is 60.7. The van der Waals surface area contributed by atoms with Gasteiger partial charge < -0.3 is 9.29 Å². The lowest BCUT2D eigenvalue weighted by Gasteiger charge is -2.19. The zero-order valence-electron chi connectivity index (χ0n) is 8.60. The molecule has 1 aromatic carbocycles. The fraction of sp³-hybridized carbons (Fsp3) is 0.222. The fourth-order valence-corrected chi connectivity index (χ4v) is 1.45. The van der Waals surface area contributed by atoms with Gasteiger partial charge in [0.2, 0.25) is 0 Å². The normalized spacial score (nSPS) is 12.2. The molecule has 18 heavy (non-hydrogen) atoms. The van der Waals surface area contributed by atoms with Crippen LogP contribution in [0.4, 0.5) is 8.78 Å². The van der Waals surface area contributed by atoms with E-state index in [1.165, 1.54) is 12.1 Å². The van der Waals surface area contributed by atoms with Gasteiger partial charge in [-0.2, -0.15) is 8.78 Å². The number of carbonyl (C=O) groups is 1. The molecule has 0 amide bonds. The number of carbonyl (C=O) groups excluding carboxylic acids is 1. The highest BCUT2D eigenvalue weighted by Gasteiger charge is 2.39. The van der Waals surface area contributed by atoms with Gasteiger partial charge in [0.1, 0.15) is 0 Å². The summed E-state index contributed by atoms with van der Waals surface area (Å²) in [7, 11) is -5.85. The molecule has 0 aromatic heterocycles. The molecule has 5 nitrogen and oxygen atoms in total. The number of ether oxygens (including phenoxy) is 1. The zero-order valence-corrected chi connectivity index (χ0v) is 11.6. The lowest BCUT2D eigenvalue weighted by molar-refractivity contribution is -0.00997. The van der Waals surface area contributed by atoms with E-state index < -0.39 is 27.9 Å². The molecule has 0 spiro atoms. The molecule has 0 aliphatic carbocycles. The average Bonchev–Trinajstić information content (AvgIpc) is 2.25. The first-order valence-corrected chi connectivity index (χ1v) is 6.88. The highest BCUT2D eigenvalue weighted by atomic mass is 127. The number of esters is 1. The van der Waals surface area contributed by atoms with Crippen LogP contribution < -0.4 is 0 Å². The molecule has 100 valence electrons. The molecule has 0 radical (unpaired) electrons. The maximum atomic E-state index is 12.7. The van der Waals surface area contributed by atoms with E-state index in [0.717, 1.165) is 3.57 Å². The first kappa shape index (κ1) is 15.2. The standard InChI is InChI=1S/C9H7F2IO5S/c10-9(11,18(14,15)16)5-17-8(13)6-1-3-7(12)4-2-6/h1-4H,5H2,(H,14,15,16)/p-1. The molecular weight excluding hydrogens is 385 g/mol. The second-order valence-corrected chi connectivity index (χ2v) is 5.93. The third kappa shape index (κ3) is 3.85. The number of halogens is 3. The lowest BCUT2D eigenvalue weighted by atomic mass is 10.2. The molecule has 1 rings (SSSR count). The van der Waals surface area contributed by atoms with Gasteiger partial charge in [-0.3, -0.25) is 0 Å². The smallest absolute Gasteiger partial charge is 0.367 e. The van der Waals surface area contributed by atoms with Gasteiger partial charge in [-0.15, -0.1) is 0 Å². The van der Waals surface area contributed by atoms with Gasteiger partial charge in [-0.05, 0) is 46.9 Å². The summed E-state index contributed by atoms with van der Waals surface area (Å²) in [5.74, 6) is -1.13. The van der Waals surface area contributed by atoms with Gasteiger partial charge in [0.15, 0.2) is 16.7 Å². The van der Waals surface area contributed by atoms with Gasteiger partial charge in [-0.25, -0.2) is 13.2 Å². The Hall–Kier alpha value is -0.810. The van der Waals surface area contributed by atoms with Crippen LogP contribution in [0.15, 0.2) is 24.3 Å². The molecule has 0 atom stereocenters. The van der Waals surface area contributed by atoms with E-state index in [9.17, 15) is 26.5 Å². The van der Waals surface area contributed by atoms with Crippen molar-refractivity contribution in [1.29, 1.82) is 0 Å². The SMILES string of the molecule is O=C(OCC(F)(F)S(=O)(=O)[O-])c1ccc(I)cc1. The predicted molar refractivity (Wildman–Crippen MR) is 64.1 cm³/mol. The van der Waals surface area contributed by atoms with Crippen molar-refractivity contribution in [2.75, 3.05) is 6.61 Å². The minimum absolute atomic E-state index is 0.0190. The van der Waals surface area contributed by atoms with Crippen molar-refractivity contribution in [2.24, 2.45) is 0 Å². The summed E-state index contributed by atoms with van der Waals surface area (Å²) in [6.07, 6.45) is 0. The molecule has 9 heteroatoms. The van der Waals surface area contributed by atoms with Crippen molar-refractivity contribution in [1.82, 2.24) is 0 Å². The minimum Gasteiger partial charge on any atom is -0.743 e. The Bertz CT molecular complexity index is 541.